The predicted octanol–water partition coefficient (Wildman–Crippen LogP) is 1.31. The van der Waals surface area contributed by atoms with Gasteiger partial charge in [-0.3, -0.25) is 4.79 Å². The van der Waals surface area contributed by atoms with Crippen LogP contribution >= 0.6 is 15.9 Å². The Balaban J connectivity index is 3.84. The number of alkyl halides is 1. The maximum Gasteiger partial charge on any atom is 0.320 e. The van der Waals surface area contributed by atoms with Crippen molar-refractivity contribution in [2.45, 2.75) is 37.6 Å². The molecule has 0 bridgehead atoms. The Bertz CT molecular complexity index is 219. The van der Waals surface area contributed by atoms with Crippen LogP contribution in [0.1, 0.15) is 27.2 Å². The molecule has 0 aromatic carbocycles. The van der Waals surface area contributed by atoms with E-state index in [9.17, 15) is 9.90 Å². The lowest BCUT2D eigenvalue weighted by atomic mass is 9.94. The van der Waals surface area contributed by atoms with E-state index in [4.69, 9.17) is 0 Å². The summed E-state index contributed by atoms with van der Waals surface area (Å²) in [6.07, 6.45) is 0.727. The van der Waals surface area contributed by atoms with E-state index in [0.717, 1.165) is 6.42 Å². The zero-order chi connectivity index (χ0) is 12.8. The summed E-state index contributed by atoms with van der Waals surface area (Å²) in [4.78, 5) is 10.7. The zero-order valence-electron chi connectivity index (χ0n) is 10.4. The van der Waals surface area contributed by atoms with Gasteiger partial charge in [-0.1, -0.05) is 29.8 Å². The number of carbonyl (C=O) groups excluding carboxylic acids is 1. The SMILES string of the molecule is COC(=O)C(Br)CNCC(C)(O)CC(C)C. The molecule has 0 amide bonds. The molecular formula is C11H22BrNO3. The molecule has 2 atom stereocenters. The molecule has 0 radical (unpaired) electrons. The van der Waals surface area contributed by atoms with Gasteiger partial charge in [0.2, 0.25) is 0 Å². The first-order valence-corrected chi connectivity index (χ1v) is 6.35. The fraction of sp³-hybridized carbons (Fsp3) is 0.909. The van der Waals surface area contributed by atoms with Crippen molar-refractivity contribution in [3.05, 3.63) is 0 Å². The molecule has 0 heterocycles. The minimum absolute atomic E-state index is 0.309. The Morgan fingerprint density at radius 3 is 2.56 bits per heavy atom. The monoisotopic (exact) mass is 295 g/mol. The van der Waals surface area contributed by atoms with Crippen molar-refractivity contribution in [1.82, 2.24) is 5.32 Å². The van der Waals surface area contributed by atoms with Gasteiger partial charge in [0.05, 0.1) is 12.7 Å². The fourth-order valence-corrected chi connectivity index (χ4v) is 2.05. The molecule has 0 aliphatic carbocycles. The average molecular weight is 296 g/mol. The van der Waals surface area contributed by atoms with Gasteiger partial charge in [0.15, 0.2) is 0 Å². The normalized spacial score (nSPS) is 16.9. The number of methoxy groups -OCH3 is 1. The number of aliphatic hydroxyl groups is 1. The second-order valence-electron chi connectivity index (χ2n) is 4.72. The summed E-state index contributed by atoms with van der Waals surface area (Å²) in [5, 5.41) is 13.0. The van der Waals surface area contributed by atoms with E-state index in [1.165, 1.54) is 7.11 Å². The number of halogens is 1. The van der Waals surface area contributed by atoms with Crippen LogP contribution in [0.5, 0.6) is 0 Å². The Kier molecular flexibility index (Phi) is 7.19. The van der Waals surface area contributed by atoms with Crippen LogP contribution in [-0.2, 0) is 9.53 Å². The minimum Gasteiger partial charge on any atom is -0.468 e. The summed E-state index contributed by atoms with van der Waals surface area (Å²) < 4.78 is 4.57. The van der Waals surface area contributed by atoms with E-state index in [-0.39, 0.29) is 10.8 Å². The highest BCUT2D eigenvalue weighted by molar-refractivity contribution is 9.10. The van der Waals surface area contributed by atoms with Gasteiger partial charge in [-0.05, 0) is 19.3 Å². The Hall–Kier alpha value is -0.130. The third kappa shape index (κ3) is 7.19. The number of hydrogen-bond acceptors (Lipinski definition) is 4. The van der Waals surface area contributed by atoms with Gasteiger partial charge in [0.1, 0.15) is 4.83 Å². The Morgan fingerprint density at radius 1 is 1.56 bits per heavy atom. The summed E-state index contributed by atoms with van der Waals surface area (Å²) >= 11 is 3.20. The maximum absolute atomic E-state index is 11.1. The molecule has 0 saturated heterocycles. The molecule has 0 fully saturated rings. The summed E-state index contributed by atoms with van der Waals surface area (Å²) in [6.45, 7) is 6.83. The second kappa shape index (κ2) is 7.25. The van der Waals surface area contributed by atoms with Crippen LogP contribution < -0.4 is 5.32 Å². The fourth-order valence-electron chi connectivity index (χ4n) is 1.63. The van der Waals surface area contributed by atoms with E-state index < -0.39 is 5.60 Å². The van der Waals surface area contributed by atoms with Crippen molar-refractivity contribution in [1.29, 1.82) is 0 Å². The first-order valence-electron chi connectivity index (χ1n) is 5.43. The lowest BCUT2D eigenvalue weighted by Gasteiger charge is -2.26. The molecule has 2 unspecified atom stereocenters. The standard InChI is InChI=1S/C11H22BrNO3/c1-8(2)5-11(3,15)7-13-6-9(12)10(14)16-4/h8-9,13,15H,5-7H2,1-4H3. The number of esters is 1. The van der Waals surface area contributed by atoms with E-state index >= 15 is 0 Å². The molecule has 0 aliphatic rings. The predicted molar refractivity (Wildman–Crippen MR) is 67.7 cm³/mol. The largest absolute Gasteiger partial charge is 0.468 e. The van der Waals surface area contributed by atoms with Gasteiger partial charge in [0.25, 0.3) is 0 Å². The first-order chi connectivity index (χ1) is 7.28. The molecule has 0 spiro atoms. The van der Waals surface area contributed by atoms with Crippen LogP contribution in [0.15, 0.2) is 0 Å². The van der Waals surface area contributed by atoms with Gasteiger partial charge in [-0.25, -0.2) is 0 Å². The Labute approximate surface area is 106 Å². The number of carbonyl (C=O) groups is 1. The third-order valence-corrected chi connectivity index (χ3v) is 2.83. The number of hydrogen-bond donors (Lipinski definition) is 2. The molecule has 5 heteroatoms. The summed E-state index contributed by atoms with van der Waals surface area (Å²) in [5.41, 5.74) is -0.739. The van der Waals surface area contributed by atoms with Gasteiger partial charge in [-0.15, -0.1) is 0 Å². The van der Waals surface area contributed by atoms with Crippen LogP contribution in [0.4, 0.5) is 0 Å². The molecule has 0 aromatic heterocycles. The zero-order valence-corrected chi connectivity index (χ0v) is 12.0. The van der Waals surface area contributed by atoms with Crippen LogP contribution in [0.3, 0.4) is 0 Å². The highest BCUT2D eigenvalue weighted by Gasteiger charge is 2.22. The number of rotatable bonds is 7. The molecule has 0 aliphatic heterocycles. The molecule has 16 heavy (non-hydrogen) atoms. The second-order valence-corrected chi connectivity index (χ2v) is 5.82. The van der Waals surface area contributed by atoms with E-state index in [1.54, 1.807) is 6.92 Å². The minimum atomic E-state index is -0.739. The van der Waals surface area contributed by atoms with E-state index in [2.05, 4.69) is 39.8 Å². The van der Waals surface area contributed by atoms with Crippen molar-refractivity contribution >= 4 is 21.9 Å². The molecule has 4 nitrogen and oxygen atoms in total. The van der Waals surface area contributed by atoms with Gasteiger partial charge in [-0.2, -0.15) is 0 Å². The molecule has 0 aromatic rings. The van der Waals surface area contributed by atoms with Gasteiger partial charge in [0, 0.05) is 13.1 Å². The van der Waals surface area contributed by atoms with E-state index in [0.29, 0.717) is 19.0 Å². The lowest BCUT2D eigenvalue weighted by Crippen LogP contribution is -2.42. The number of ether oxygens (including phenoxy) is 1. The molecule has 0 rings (SSSR count). The highest BCUT2D eigenvalue weighted by atomic mass is 79.9. The van der Waals surface area contributed by atoms with Crippen molar-refractivity contribution in [2.75, 3.05) is 20.2 Å². The highest BCUT2D eigenvalue weighted by Crippen LogP contribution is 2.15. The molecule has 0 saturated carbocycles. The summed E-state index contributed by atoms with van der Waals surface area (Å²) in [5.74, 6) is 0.133. The first kappa shape index (κ1) is 15.9. The van der Waals surface area contributed by atoms with Crippen LogP contribution in [-0.4, -0.2) is 41.7 Å². The van der Waals surface area contributed by atoms with Gasteiger partial charge >= 0.3 is 5.97 Å². The molecule has 96 valence electrons. The lowest BCUT2D eigenvalue weighted by molar-refractivity contribution is -0.139. The average Bonchev–Trinajstić information content (AvgIpc) is 2.13. The van der Waals surface area contributed by atoms with Gasteiger partial charge < -0.3 is 15.2 Å². The van der Waals surface area contributed by atoms with Crippen molar-refractivity contribution in [2.24, 2.45) is 5.92 Å². The van der Waals surface area contributed by atoms with Crippen molar-refractivity contribution < 1.29 is 14.6 Å². The maximum atomic E-state index is 11.1. The smallest absolute Gasteiger partial charge is 0.320 e. The Morgan fingerprint density at radius 2 is 2.12 bits per heavy atom. The third-order valence-electron chi connectivity index (χ3n) is 2.13. The van der Waals surface area contributed by atoms with Crippen molar-refractivity contribution in [3.63, 3.8) is 0 Å². The quantitative estimate of drug-likeness (QED) is 0.549. The topological polar surface area (TPSA) is 58.6 Å². The van der Waals surface area contributed by atoms with Crippen molar-refractivity contribution in [3.8, 4) is 0 Å². The number of nitrogens with one attached hydrogen (secondary N) is 1. The summed E-state index contributed by atoms with van der Waals surface area (Å²) in [7, 11) is 1.35. The van der Waals surface area contributed by atoms with Crippen LogP contribution in [0.2, 0.25) is 0 Å². The molecular weight excluding hydrogens is 274 g/mol. The van der Waals surface area contributed by atoms with Crippen LogP contribution in [0.25, 0.3) is 0 Å². The molecule has 2 N–H and O–H groups in total. The van der Waals surface area contributed by atoms with Crippen LogP contribution in [0, 0.1) is 5.92 Å². The summed E-state index contributed by atoms with van der Waals surface area (Å²) in [6, 6.07) is 0. The van der Waals surface area contributed by atoms with E-state index in [1.807, 2.05) is 0 Å².